The molecule has 0 atom stereocenters. The molecule has 1 aromatic rings. The summed E-state index contributed by atoms with van der Waals surface area (Å²) in [5.41, 5.74) is 2.67. The number of halogens is 1. The highest BCUT2D eigenvalue weighted by atomic mass is 35.5. The van der Waals surface area contributed by atoms with Gasteiger partial charge in [0.25, 0.3) is 0 Å². The van der Waals surface area contributed by atoms with E-state index >= 15 is 0 Å². The third-order valence-corrected chi connectivity index (χ3v) is 3.26. The van der Waals surface area contributed by atoms with Gasteiger partial charge >= 0.3 is 0 Å². The summed E-state index contributed by atoms with van der Waals surface area (Å²) in [7, 11) is 0. The predicted molar refractivity (Wildman–Crippen MR) is 57.4 cm³/mol. The molecule has 0 nitrogen and oxygen atoms in total. The van der Waals surface area contributed by atoms with Crippen molar-refractivity contribution in [1.29, 1.82) is 0 Å². The van der Waals surface area contributed by atoms with Gasteiger partial charge < -0.3 is 0 Å². The summed E-state index contributed by atoms with van der Waals surface area (Å²) in [6.45, 7) is 4.26. The molecular formula is C10H13ClS. The van der Waals surface area contributed by atoms with E-state index in [4.69, 9.17) is 11.6 Å². The van der Waals surface area contributed by atoms with Gasteiger partial charge in [-0.1, -0.05) is 17.7 Å². The molecule has 0 amide bonds. The Bertz CT molecular complexity index is 258. The molecule has 0 saturated carbocycles. The maximum absolute atomic E-state index is 5.61. The average Bonchev–Trinajstić information content (AvgIpc) is 2.03. The van der Waals surface area contributed by atoms with E-state index in [0.29, 0.717) is 0 Å². The van der Waals surface area contributed by atoms with E-state index in [0.717, 1.165) is 11.6 Å². The van der Waals surface area contributed by atoms with Crippen LogP contribution in [0.3, 0.4) is 0 Å². The van der Waals surface area contributed by atoms with Crippen LogP contribution in [0.4, 0.5) is 0 Å². The molecule has 0 fully saturated rings. The number of thioether (sulfide) groups is 1. The summed E-state index contributed by atoms with van der Waals surface area (Å²) in [5, 5.41) is 0. The first kappa shape index (κ1) is 9.94. The van der Waals surface area contributed by atoms with E-state index < -0.39 is 0 Å². The maximum atomic E-state index is 5.61. The lowest BCUT2D eigenvalue weighted by molar-refractivity contribution is 1.26. The fourth-order valence-electron chi connectivity index (χ4n) is 1.11. The zero-order valence-electron chi connectivity index (χ0n) is 7.43. The van der Waals surface area contributed by atoms with Gasteiger partial charge in [-0.05, 0) is 25.5 Å². The highest BCUT2D eigenvalue weighted by molar-refractivity contribution is 7.99. The minimum absolute atomic E-state index is 0.720. The van der Waals surface area contributed by atoms with Gasteiger partial charge in [-0.3, -0.25) is 0 Å². The van der Waals surface area contributed by atoms with E-state index in [1.165, 1.54) is 16.0 Å². The second-order valence-corrected chi connectivity index (χ2v) is 4.32. The average molecular weight is 201 g/mol. The van der Waals surface area contributed by atoms with Crippen molar-refractivity contribution in [3.63, 3.8) is 0 Å². The Kier molecular flexibility index (Phi) is 3.96. The van der Waals surface area contributed by atoms with Crippen LogP contribution in [0.1, 0.15) is 11.1 Å². The van der Waals surface area contributed by atoms with E-state index in [1.807, 2.05) is 11.8 Å². The van der Waals surface area contributed by atoms with Gasteiger partial charge in [-0.25, -0.2) is 0 Å². The van der Waals surface area contributed by atoms with E-state index in [9.17, 15) is 0 Å². The van der Waals surface area contributed by atoms with Crippen molar-refractivity contribution < 1.29 is 0 Å². The van der Waals surface area contributed by atoms with E-state index in [-0.39, 0.29) is 0 Å². The van der Waals surface area contributed by atoms with E-state index in [1.54, 1.807) is 0 Å². The van der Waals surface area contributed by atoms with Crippen molar-refractivity contribution in [1.82, 2.24) is 0 Å². The van der Waals surface area contributed by atoms with E-state index in [2.05, 4.69) is 32.0 Å². The number of hydrogen-bond acceptors (Lipinski definition) is 1. The minimum atomic E-state index is 0.720. The van der Waals surface area contributed by atoms with Gasteiger partial charge in [0.2, 0.25) is 0 Å². The Balaban J connectivity index is 2.72. The normalized spacial score (nSPS) is 10.2. The predicted octanol–water partition coefficient (Wildman–Crippen LogP) is 3.63. The van der Waals surface area contributed by atoms with Gasteiger partial charge in [0.05, 0.1) is 0 Å². The molecule has 66 valence electrons. The number of alkyl halides is 1. The smallest absolute Gasteiger partial charge is 0.0317 e. The second kappa shape index (κ2) is 4.78. The molecule has 0 heterocycles. The fourth-order valence-corrected chi connectivity index (χ4v) is 2.09. The van der Waals surface area contributed by atoms with Gasteiger partial charge in [0.15, 0.2) is 0 Å². The molecule has 0 N–H and O–H groups in total. The van der Waals surface area contributed by atoms with Crippen LogP contribution >= 0.6 is 23.4 Å². The van der Waals surface area contributed by atoms with Crippen LogP contribution in [0, 0.1) is 13.8 Å². The van der Waals surface area contributed by atoms with Crippen LogP contribution in [0.25, 0.3) is 0 Å². The standard InChI is InChI=1S/C10H13ClS/c1-8-3-4-10(9(2)7-8)12-6-5-11/h3-4,7H,5-6H2,1-2H3. The summed E-state index contributed by atoms with van der Waals surface area (Å²) in [6, 6.07) is 6.52. The lowest BCUT2D eigenvalue weighted by atomic mass is 10.2. The number of rotatable bonds is 3. The number of aryl methyl sites for hydroxylation is 2. The summed E-state index contributed by atoms with van der Waals surface area (Å²) in [5.74, 6) is 1.71. The van der Waals surface area contributed by atoms with Crippen LogP contribution in [0.5, 0.6) is 0 Å². The highest BCUT2D eigenvalue weighted by Gasteiger charge is 1.97. The molecule has 0 aliphatic rings. The molecule has 2 heteroatoms. The largest absolute Gasteiger partial charge is 0.126 e. The third-order valence-electron chi connectivity index (χ3n) is 1.67. The summed E-state index contributed by atoms with van der Waals surface area (Å²) in [4.78, 5) is 1.35. The van der Waals surface area contributed by atoms with Crippen molar-refractivity contribution >= 4 is 23.4 Å². The van der Waals surface area contributed by atoms with Gasteiger partial charge in [-0.15, -0.1) is 23.4 Å². The number of benzene rings is 1. The first-order valence-corrected chi connectivity index (χ1v) is 5.52. The quantitative estimate of drug-likeness (QED) is 0.531. The molecular weight excluding hydrogens is 188 g/mol. The first-order valence-electron chi connectivity index (χ1n) is 4.00. The molecule has 0 aliphatic heterocycles. The SMILES string of the molecule is Cc1ccc(SCCCl)c(C)c1. The Labute approximate surface area is 83.3 Å². The van der Waals surface area contributed by atoms with Crippen LogP contribution in [0.2, 0.25) is 0 Å². The zero-order chi connectivity index (χ0) is 8.97. The van der Waals surface area contributed by atoms with Gasteiger partial charge in [-0.2, -0.15) is 0 Å². The van der Waals surface area contributed by atoms with Crippen molar-refractivity contribution in [2.24, 2.45) is 0 Å². The molecule has 0 aliphatic carbocycles. The third kappa shape index (κ3) is 2.72. The lowest BCUT2D eigenvalue weighted by Crippen LogP contribution is -1.84. The highest BCUT2D eigenvalue weighted by Crippen LogP contribution is 2.22. The van der Waals surface area contributed by atoms with Crippen LogP contribution < -0.4 is 0 Å². The molecule has 0 aromatic heterocycles. The molecule has 0 radical (unpaired) electrons. The summed E-state index contributed by atoms with van der Waals surface area (Å²) in [6.07, 6.45) is 0. The molecule has 0 unspecified atom stereocenters. The second-order valence-electron chi connectivity index (χ2n) is 2.81. The van der Waals surface area contributed by atoms with Crippen LogP contribution in [-0.4, -0.2) is 11.6 Å². The lowest BCUT2D eigenvalue weighted by Gasteiger charge is -2.04. The van der Waals surface area contributed by atoms with Crippen molar-refractivity contribution in [2.45, 2.75) is 18.7 Å². The van der Waals surface area contributed by atoms with Crippen LogP contribution in [-0.2, 0) is 0 Å². The summed E-state index contributed by atoms with van der Waals surface area (Å²) >= 11 is 7.44. The van der Waals surface area contributed by atoms with Crippen LogP contribution in [0.15, 0.2) is 23.1 Å². The molecule has 0 spiro atoms. The zero-order valence-corrected chi connectivity index (χ0v) is 9.00. The number of hydrogen-bond donors (Lipinski definition) is 0. The van der Waals surface area contributed by atoms with Crippen molar-refractivity contribution in [3.05, 3.63) is 29.3 Å². The molecule has 1 rings (SSSR count). The maximum Gasteiger partial charge on any atom is 0.0317 e. The Morgan fingerprint density at radius 2 is 2.08 bits per heavy atom. The Morgan fingerprint density at radius 3 is 2.67 bits per heavy atom. The van der Waals surface area contributed by atoms with Crippen molar-refractivity contribution in [3.8, 4) is 0 Å². The Hall–Kier alpha value is -0.140. The summed E-state index contributed by atoms with van der Waals surface area (Å²) < 4.78 is 0. The van der Waals surface area contributed by atoms with Crippen molar-refractivity contribution in [2.75, 3.05) is 11.6 Å². The first-order chi connectivity index (χ1) is 5.74. The van der Waals surface area contributed by atoms with Gasteiger partial charge in [0, 0.05) is 16.5 Å². The molecule has 12 heavy (non-hydrogen) atoms. The topological polar surface area (TPSA) is 0 Å². The molecule has 0 bridgehead atoms. The monoisotopic (exact) mass is 200 g/mol. The van der Waals surface area contributed by atoms with Gasteiger partial charge in [0.1, 0.15) is 0 Å². The molecule has 0 saturated heterocycles. The minimum Gasteiger partial charge on any atom is -0.126 e. The Morgan fingerprint density at radius 1 is 1.33 bits per heavy atom. The fraction of sp³-hybridized carbons (Fsp3) is 0.400. The molecule has 1 aromatic carbocycles.